The van der Waals surface area contributed by atoms with Crippen LogP contribution < -0.4 is 15.4 Å². The molecule has 0 radical (unpaired) electrons. The summed E-state index contributed by atoms with van der Waals surface area (Å²) in [7, 11) is -3.84. The van der Waals surface area contributed by atoms with Crippen molar-refractivity contribution < 1.29 is 40.7 Å². The standard InChI is InChI=1S/C32H31F4N5O5S/c1-47(45,46)40-31(15-14-20-10-11-20,22-7-3-2-4-8-22)23-12-13-25(33)26(17-23)38-29(42)27-18-28(32(34,35)36)39-41(27)24-9-5-6-21(16-24)19-37-30(43)44/h2-9,12-13,16-18,20,37,40H,10-11,14-15,19H2,1H3,(H,38,42)(H,43,44). The quantitative estimate of drug-likeness (QED) is 0.135. The van der Waals surface area contributed by atoms with Crippen molar-refractivity contribution in [2.75, 3.05) is 11.6 Å². The Morgan fingerprint density at radius 1 is 0.979 bits per heavy atom. The molecule has 0 aliphatic heterocycles. The summed E-state index contributed by atoms with van der Waals surface area (Å²) in [5.41, 5.74) is -2.41. The zero-order chi connectivity index (χ0) is 34.0. The second kappa shape index (κ2) is 13.2. The maximum Gasteiger partial charge on any atom is 0.435 e. The van der Waals surface area contributed by atoms with E-state index in [1.807, 2.05) is 0 Å². The van der Waals surface area contributed by atoms with Gasteiger partial charge in [-0.1, -0.05) is 61.4 Å². The summed E-state index contributed by atoms with van der Waals surface area (Å²) in [5, 5.41) is 17.0. The summed E-state index contributed by atoms with van der Waals surface area (Å²) in [6.07, 6.45) is -2.24. The van der Waals surface area contributed by atoms with Crippen molar-refractivity contribution >= 4 is 27.7 Å². The van der Waals surface area contributed by atoms with Crippen LogP contribution in [0.5, 0.6) is 0 Å². The van der Waals surface area contributed by atoms with Crippen molar-refractivity contribution in [2.45, 2.75) is 43.9 Å². The molecular formula is C32H31F4N5O5S. The largest absolute Gasteiger partial charge is 0.465 e. The molecule has 1 fully saturated rings. The van der Waals surface area contributed by atoms with Gasteiger partial charge in [0, 0.05) is 12.6 Å². The van der Waals surface area contributed by atoms with Crippen LogP contribution >= 0.6 is 0 Å². The van der Waals surface area contributed by atoms with E-state index in [-0.39, 0.29) is 12.2 Å². The summed E-state index contributed by atoms with van der Waals surface area (Å²) in [6.45, 7) is -0.165. The van der Waals surface area contributed by atoms with Crippen LogP contribution in [0.25, 0.3) is 5.69 Å². The minimum atomic E-state index is -4.93. The maximum absolute atomic E-state index is 15.3. The maximum atomic E-state index is 15.3. The predicted molar refractivity (Wildman–Crippen MR) is 165 cm³/mol. The van der Waals surface area contributed by atoms with Crippen LogP contribution in [0, 0.1) is 11.7 Å². The van der Waals surface area contributed by atoms with Gasteiger partial charge in [-0.05, 0) is 59.7 Å². The summed E-state index contributed by atoms with van der Waals surface area (Å²) in [4.78, 5) is 24.5. The van der Waals surface area contributed by atoms with Gasteiger partial charge in [-0.3, -0.25) is 4.79 Å². The number of halogens is 4. The number of carboxylic acid groups (broad SMARTS) is 1. The van der Waals surface area contributed by atoms with Crippen LogP contribution in [0.1, 0.15) is 58.6 Å². The summed E-state index contributed by atoms with van der Waals surface area (Å²) in [6, 6.07) is 18.7. The highest BCUT2D eigenvalue weighted by Crippen LogP contribution is 2.42. The average Bonchev–Trinajstić information content (AvgIpc) is 3.73. The van der Waals surface area contributed by atoms with Crippen molar-refractivity contribution in [1.82, 2.24) is 19.8 Å². The molecule has 1 aliphatic rings. The number of rotatable bonds is 12. The van der Waals surface area contributed by atoms with E-state index >= 15 is 4.39 Å². The second-order valence-electron chi connectivity index (χ2n) is 11.4. The van der Waals surface area contributed by atoms with Gasteiger partial charge in [0.2, 0.25) is 10.0 Å². The normalized spacial score (nSPS) is 14.7. The van der Waals surface area contributed by atoms with Crippen molar-refractivity contribution in [3.8, 4) is 5.69 Å². The van der Waals surface area contributed by atoms with E-state index in [0.29, 0.717) is 41.5 Å². The van der Waals surface area contributed by atoms with E-state index in [9.17, 15) is 31.2 Å². The van der Waals surface area contributed by atoms with Gasteiger partial charge in [-0.25, -0.2) is 27.0 Å². The van der Waals surface area contributed by atoms with Crippen LogP contribution in [0.2, 0.25) is 0 Å². The Hall–Kier alpha value is -4.76. The molecule has 4 aromatic rings. The second-order valence-corrected chi connectivity index (χ2v) is 13.2. The molecule has 1 aliphatic carbocycles. The Labute approximate surface area is 267 Å². The highest BCUT2D eigenvalue weighted by atomic mass is 32.2. The molecule has 0 saturated heterocycles. The van der Waals surface area contributed by atoms with Gasteiger partial charge < -0.3 is 15.7 Å². The zero-order valence-corrected chi connectivity index (χ0v) is 25.8. The molecular weight excluding hydrogens is 642 g/mol. The monoisotopic (exact) mass is 673 g/mol. The minimum absolute atomic E-state index is 0.0186. The Morgan fingerprint density at radius 2 is 1.70 bits per heavy atom. The van der Waals surface area contributed by atoms with E-state index in [2.05, 4.69) is 20.5 Å². The highest BCUT2D eigenvalue weighted by molar-refractivity contribution is 7.88. The molecule has 0 spiro atoms. The molecule has 1 heterocycles. The molecule has 15 heteroatoms. The molecule has 2 amide bonds. The van der Waals surface area contributed by atoms with E-state index in [1.165, 1.54) is 36.4 Å². The number of carbonyl (C=O) groups is 2. The summed E-state index contributed by atoms with van der Waals surface area (Å²) >= 11 is 0. The number of anilines is 1. The lowest BCUT2D eigenvalue weighted by Crippen LogP contribution is -2.46. The molecule has 47 heavy (non-hydrogen) atoms. The smallest absolute Gasteiger partial charge is 0.435 e. The van der Waals surface area contributed by atoms with Gasteiger partial charge >= 0.3 is 12.3 Å². The van der Waals surface area contributed by atoms with Crippen LogP contribution in [0.3, 0.4) is 0 Å². The Balaban J connectivity index is 1.56. The summed E-state index contributed by atoms with van der Waals surface area (Å²) in [5.74, 6) is -1.63. The van der Waals surface area contributed by atoms with Crippen molar-refractivity contribution in [3.05, 3.63) is 113 Å². The molecule has 5 rings (SSSR count). The number of sulfonamides is 1. The number of carbonyl (C=O) groups excluding carboxylic acids is 1. The Morgan fingerprint density at radius 3 is 2.34 bits per heavy atom. The molecule has 1 atom stereocenters. The van der Waals surface area contributed by atoms with Gasteiger partial charge in [0.1, 0.15) is 11.5 Å². The number of hydrogen-bond acceptors (Lipinski definition) is 5. The van der Waals surface area contributed by atoms with Crippen LogP contribution in [-0.4, -0.2) is 41.6 Å². The van der Waals surface area contributed by atoms with Crippen molar-refractivity contribution in [1.29, 1.82) is 0 Å². The molecule has 10 nitrogen and oxygen atoms in total. The van der Waals surface area contributed by atoms with E-state index in [4.69, 9.17) is 5.11 Å². The Kier molecular flexibility index (Phi) is 9.41. The van der Waals surface area contributed by atoms with Crippen LogP contribution in [0.15, 0.2) is 78.9 Å². The van der Waals surface area contributed by atoms with Crippen molar-refractivity contribution in [2.24, 2.45) is 5.92 Å². The fourth-order valence-corrected chi connectivity index (χ4v) is 6.39. The molecule has 4 N–H and O–H groups in total. The van der Waals surface area contributed by atoms with E-state index < -0.39 is 56.6 Å². The number of aromatic nitrogens is 2. The molecule has 1 aromatic heterocycles. The average molecular weight is 674 g/mol. The van der Waals surface area contributed by atoms with E-state index in [1.54, 1.807) is 30.3 Å². The van der Waals surface area contributed by atoms with Gasteiger partial charge in [0.25, 0.3) is 5.91 Å². The fraction of sp³-hybridized carbons (Fsp3) is 0.281. The fourth-order valence-electron chi connectivity index (χ4n) is 5.42. The van der Waals surface area contributed by atoms with Crippen LogP contribution in [0.4, 0.5) is 28.0 Å². The third kappa shape index (κ3) is 8.16. The number of benzene rings is 3. The number of nitrogens with one attached hydrogen (secondary N) is 3. The third-order valence-corrected chi connectivity index (χ3v) is 8.51. The molecule has 1 unspecified atom stereocenters. The number of amides is 2. The first-order valence-corrected chi connectivity index (χ1v) is 16.4. The van der Waals surface area contributed by atoms with Gasteiger partial charge in [0.05, 0.1) is 23.2 Å². The first-order valence-electron chi connectivity index (χ1n) is 14.5. The first-order chi connectivity index (χ1) is 22.1. The van der Waals surface area contributed by atoms with Crippen LogP contribution in [-0.2, 0) is 28.3 Å². The first kappa shape index (κ1) is 33.6. The molecule has 1 saturated carbocycles. The summed E-state index contributed by atoms with van der Waals surface area (Å²) < 4.78 is 85.5. The van der Waals surface area contributed by atoms with Gasteiger partial charge in [0.15, 0.2) is 5.69 Å². The minimum Gasteiger partial charge on any atom is -0.465 e. The number of nitrogens with zero attached hydrogens (tertiary/aromatic N) is 2. The molecule has 3 aromatic carbocycles. The SMILES string of the molecule is CS(=O)(=O)NC(CCC1CC1)(c1ccccc1)c1ccc(F)c(NC(=O)c2cc(C(F)(F)F)nn2-c2cccc(CNC(=O)O)c2)c1. The predicted octanol–water partition coefficient (Wildman–Crippen LogP) is 6.03. The molecule has 0 bridgehead atoms. The molecule has 248 valence electrons. The van der Waals surface area contributed by atoms with Crippen molar-refractivity contribution in [3.63, 3.8) is 0 Å². The lowest BCUT2D eigenvalue weighted by atomic mass is 9.79. The highest BCUT2D eigenvalue weighted by Gasteiger charge is 2.40. The zero-order valence-electron chi connectivity index (χ0n) is 25.0. The topological polar surface area (TPSA) is 142 Å². The van der Waals surface area contributed by atoms with E-state index in [0.717, 1.165) is 29.8 Å². The number of hydrogen-bond donors (Lipinski definition) is 4. The Bertz CT molecular complexity index is 1900. The lowest BCUT2D eigenvalue weighted by molar-refractivity contribution is -0.141. The number of alkyl halides is 3. The lowest BCUT2D eigenvalue weighted by Gasteiger charge is -2.36. The van der Waals surface area contributed by atoms with Gasteiger partial charge in [-0.2, -0.15) is 18.3 Å². The third-order valence-electron chi connectivity index (χ3n) is 7.79. The van der Waals surface area contributed by atoms with Gasteiger partial charge in [-0.15, -0.1) is 0 Å².